The maximum absolute atomic E-state index is 13.1. The highest BCUT2D eigenvalue weighted by Gasteiger charge is 2.33. The third kappa shape index (κ3) is 4.71. The van der Waals surface area contributed by atoms with Crippen LogP contribution in [0.5, 0.6) is 5.75 Å². The van der Waals surface area contributed by atoms with Crippen molar-refractivity contribution >= 4 is 23.3 Å². The van der Waals surface area contributed by atoms with Crippen LogP contribution in [0.4, 0.5) is 30.5 Å². The first-order valence-electron chi connectivity index (χ1n) is 10.9. The molecule has 1 aliphatic carbocycles. The average molecular weight is 489 g/mol. The van der Waals surface area contributed by atoms with Gasteiger partial charge in [0.25, 0.3) is 0 Å². The molecule has 1 saturated heterocycles. The number of piperazine rings is 1. The first-order chi connectivity index (χ1) is 16.7. The number of aromatic amines is 1. The molecule has 0 unspecified atom stereocenters. The van der Waals surface area contributed by atoms with Crippen LogP contribution < -0.4 is 15.0 Å². The van der Waals surface area contributed by atoms with E-state index in [1.165, 1.54) is 6.07 Å². The molecule has 0 atom stereocenters. The van der Waals surface area contributed by atoms with E-state index in [1.807, 2.05) is 7.05 Å². The third-order valence-electron chi connectivity index (χ3n) is 6.12. The number of nitrogens with zero attached hydrogens (tertiary/aromatic N) is 5. The first-order valence-corrected chi connectivity index (χ1v) is 10.9. The summed E-state index contributed by atoms with van der Waals surface area (Å²) in [6.07, 6.45) is -2.33. The monoisotopic (exact) mass is 489 g/mol. The first kappa shape index (κ1) is 22.9. The van der Waals surface area contributed by atoms with Crippen molar-refractivity contribution in [1.29, 1.82) is 0 Å². The highest BCUT2D eigenvalue weighted by molar-refractivity contribution is 5.90. The van der Waals surface area contributed by atoms with Gasteiger partial charge in [-0.3, -0.25) is 5.10 Å². The number of likely N-dealkylation sites (N-methyl/N-ethyl adjacent to an activating group) is 1. The van der Waals surface area contributed by atoms with Crippen molar-refractivity contribution in [3.05, 3.63) is 41.2 Å². The SMILES string of the molecule is CN1CCN(c2ccc(OC(F)(F)F)c(Nc3ncc4c(n3)-c3n[nH]c(C(=O)O)c3CC4)c2)CC1. The number of benzene rings is 1. The van der Waals surface area contributed by atoms with E-state index in [9.17, 15) is 23.1 Å². The Morgan fingerprint density at radius 1 is 1.17 bits per heavy atom. The van der Waals surface area contributed by atoms with Crippen LogP contribution in [-0.4, -0.2) is 75.7 Å². The molecule has 10 nitrogen and oxygen atoms in total. The molecule has 13 heteroatoms. The van der Waals surface area contributed by atoms with E-state index in [0.29, 0.717) is 29.8 Å². The summed E-state index contributed by atoms with van der Waals surface area (Å²) in [6.45, 7) is 3.14. The summed E-state index contributed by atoms with van der Waals surface area (Å²) in [5.74, 6) is -1.49. The Labute approximate surface area is 197 Å². The second-order valence-corrected chi connectivity index (χ2v) is 8.44. The standard InChI is InChI=1S/C22H22F3N7O3/c1-31-6-8-32(9-7-31)13-3-5-16(35-22(23,24)25)15(10-13)27-21-26-11-12-2-4-14-18(17(12)28-21)29-30-19(14)20(33)34/h3,5,10-11H,2,4,6-9H2,1H3,(H,29,30)(H,33,34)(H,26,27,28). The van der Waals surface area contributed by atoms with E-state index < -0.39 is 18.1 Å². The molecule has 3 aromatic rings. The molecular weight excluding hydrogens is 467 g/mol. The van der Waals surface area contributed by atoms with Gasteiger partial charge in [0.1, 0.15) is 11.4 Å². The van der Waals surface area contributed by atoms with Gasteiger partial charge in [-0.1, -0.05) is 0 Å². The highest BCUT2D eigenvalue weighted by atomic mass is 19.4. The zero-order chi connectivity index (χ0) is 24.7. The Kier molecular flexibility index (Phi) is 5.71. The largest absolute Gasteiger partial charge is 0.573 e. The molecule has 0 bridgehead atoms. The van der Waals surface area contributed by atoms with E-state index in [2.05, 4.69) is 40.0 Å². The number of nitrogens with one attached hydrogen (secondary N) is 2. The third-order valence-corrected chi connectivity index (χ3v) is 6.12. The Morgan fingerprint density at radius 3 is 2.66 bits per heavy atom. The molecule has 2 aromatic heterocycles. The lowest BCUT2D eigenvalue weighted by Gasteiger charge is -2.34. The van der Waals surface area contributed by atoms with Gasteiger partial charge >= 0.3 is 12.3 Å². The molecule has 0 radical (unpaired) electrons. The molecule has 3 N–H and O–H groups in total. The van der Waals surface area contributed by atoms with E-state index in [-0.39, 0.29) is 17.3 Å². The Morgan fingerprint density at radius 2 is 1.94 bits per heavy atom. The number of fused-ring (bicyclic) bond motifs is 3. The number of anilines is 3. The number of carbonyl (C=O) groups is 1. The van der Waals surface area contributed by atoms with Gasteiger partial charge in [0, 0.05) is 43.6 Å². The number of hydrogen-bond acceptors (Lipinski definition) is 8. The lowest BCUT2D eigenvalue weighted by molar-refractivity contribution is -0.274. The molecule has 1 aromatic carbocycles. The smallest absolute Gasteiger partial charge is 0.477 e. The van der Waals surface area contributed by atoms with Crippen LogP contribution in [0, 0.1) is 0 Å². The maximum Gasteiger partial charge on any atom is 0.573 e. The van der Waals surface area contributed by atoms with E-state index in [4.69, 9.17) is 0 Å². The van der Waals surface area contributed by atoms with Gasteiger partial charge in [-0.15, -0.1) is 13.2 Å². The number of aromatic nitrogens is 4. The molecule has 3 heterocycles. The molecule has 35 heavy (non-hydrogen) atoms. The maximum atomic E-state index is 13.1. The summed E-state index contributed by atoms with van der Waals surface area (Å²) in [5, 5.41) is 18.9. The topological polar surface area (TPSA) is 119 Å². The van der Waals surface area contributed by atoms with Crippen LogP contribution in [0.15, 0.2) is 24.4 Å². The zero-order valence-electron chi connectivity index (χ0n) is 18.7. The number of carboxylic acids is 1. The number of hydrogen-bond donors (Lipinski definition) is 3. The zero-order valence-corrected chi connectivity index (χ0v) is 18.7. The molecule has 184 valence electrons. The Hall–Kier alpha value is -3.87. The molecule has 1 aliphatic heterocycles. The predicted octanol–water partition coefficient (Wildman–Crippen LogP) is 3.06. The van der Waals surface area contributed by atoms with Gasteiger partial charge in [-0.25, -0.2) is 14.8 Å². The Bertz CT molecular complexity index is 1270. The fourth-order valence-corrected chi connectivity index (χ4v) is 4.31. The van der Waals surface area contributed by atoms with Crippen molar-refractivity contribution in [3.8, 4) is 17.1 Å². The highest BCUT2D eigenvalue weighted by Crippen LogP contribution is 2.37. The Balaban J connectivity index is 1.49. The van der Waals surface area contributed by atoms with Gasteiger partial charge in [-0.05, 0) is 43.7 Å². The number of alkyl halides is 3. The van der Waals surface area contributed by atoms with Gasteiger partial charge < -0.3 is 25.0 Å². The minimum absolute atomic E-state index is 0.000451. The molecule has 1 fully saturated rings. The number of aryl methyl sites for hydroxylation is 1. The van der Waals surface area contributed by atoms with Crippen molar-refractivity contribution in [1.82, 2.24) is 25.1 Å². The van der Waals surface area contributed by atoms with Crippen LogP contribution in [0.1, 0.15) is 21.6 Å². The lowest BCUT2D eigenvalue weighted by Crippen LogP contribution is -2.44. The van der Waals surface area contributed by atoms with Crippen LogP contribution in [0.25, 0.3) is 11.4 Å². The van der Waals surface area contributed by atoms with Crippen molar-refractivity contribution in [3.63, 3.8) is 0 Å². The summed E-state index contributed by atoms with van der Waals surface area (Å²) >= 11 is 0. The van der Waals surface area contributed by atoms with Crippen molar-refractivity contribution < 1.29 is 27.8 Å². The molecule has 0 amide bonds. The second kappa shape index (κ2) is 8.73. The molecule has 0 spiro atoms. The number of halogens is 3. The summed E-state index contributed by atoms with van der Waals surface area (Å²) < 4.78 is 43.4. The molecular formula is C22H22F3N7O3. The second-order valence-electron chi connectivity index (χ2n) is 8.44. The molecule has 0 saturated carbocycles. The van der Waals surface area contributed by atoms with Crippen LogP contribution in [0.2, 0.25) is 0 Å². The number of carboxylic acid groups (broad SMARTS) is 1. The van der Waals surface area contributed by atoms with E-state index in [0.717, 1.165) is 37.4 Å². The number of H-pyrrole nitrogens is 1. The summed E-state index contributed by atoms with van der Waals surface area (Å²) in [7, 11) is 2.02. The fourth-order valence-electron chi connectivity index (χ4n) is 4.31. The van der Waals surface area contributed by atoms with Gasteiger partial charge in [-0.2, -0.15) is 5.10 Å². The van der Waals surface area contributed by atoms with E-state index >= 15 is 0 Å². The molecule has 2 aliphatic rings. The minimum atomic E-state index is -4.88. The van der Waals surface area contributed by atoms with Crippen LogP contribution in [0.3, 0.4) is 0 Å². The van der Waals surface area contributed by atoms with Crippen molar-refractivity contribution in [2.24, 2.45) is 0 Å². The number of aromatic carboxylic acids is 1. The van der Waals surface area contributed by atoms with Crippen LogP contribution >= 0.6 is 0 Å². The van der Waals surface area contributed by atoms with E-state index in [1.54, 1.807) is 18.3 Å². The van der Waals surface area contributed by atoms with Gasteiger partial charge in [0.15, 0.2) is 5.75 Å². The summed E-state index contributed by atoms with van der Waals surface area (Å²) in [5.41, 5.74) is 2.93. The quantitative estimate of drug-likeness (QED) is 0.497. The normalized spacial score (nSPS) is 15.9. The van der Waals surface area contributed by atoms with Gasteiger partial charge in [0.2, 0.25) is 5.95 Å². The predicted molar refractivity (Wildman–Crippen MR) is 120 cm³/mol. The fraction of sp³-hybridized carbons (Fsp3) is 0.364. The number of rotatable bonds is 5. The summed E-state index contributed by atoms with van der Waals surface area (Å²) in [6, 6.07) is 4.44. The van der Waals surface area contributed by atoms with Crippen molar-refractivity contribution in [2.45, 2.75) is 19.2 Å². The van der Waals surface area contributed by atoms with Gasteiger partial charge in [0.05, 0.1) is 11.4 Å². The average Bonchev–Trinajstić information content (AvgIpc) is 3.25. The van der Waals surface area contributed by atoms with Crippen LogP contribution in [-0.2, 0) is 12.8 Å². The lowest BCUT2D eigenvalue weighted by atomic mass is 9.93. The molecule has 5 rings (SSSR count). The summed E-state index contributed by atoms with van der Waals surface area (Å²) in [4.78, 5) is 24.4. The number of ether oxygens (including phenoxy) is 1. The minimum Gasteiger partial charge on any atom is -0.477 e. The van der Waals surface area contributed by atoms with Crippen molar-refractivity contribution in [2.75, 3.05) is 43.4 Å².